The van der Waals surface area contributed by atoms with E-state index in [0.29, 0.717) is 18.7 Å². The highest BCUT2D eigenvalue weighted by molar-refractivity contribution is 5.88. The third-order valence-electron chi connectivity index (χ3n) is 5.05. The van der Waals surface area contributed by atoms with Crippen molar-refractivity contribution >= 4 is 11.8 Å². The highest BCUT2D eigenvalue weighted by Gasteiger charge is 2.29. The van der Waals surface area contributed by atoms with Crippen molar-refractivity contribution in [2.45, 2.75) is 59.0 Å². The van der Waals surface area contributed by atoms with Gasteiger partial charge in [0.25, 0.3) is 5.91 Å². The Morgan fingerprint density at radius 3 is 2.29 bits per heavy atom. The number of para-hydroxylation sites is 1. The third-order valence-corrected chi connectivity index (χ3v) is 5.05. The maximum atomic E-state index is 13.3. The van der Waals surface area contributed by atoms with Gasteiger partial charge in [0.15, 0.2) is 6.61 Å². The Balaban J connectivity index is 2.25. The molecule has 1 atom stereocenters. The minimum absolute atomic E-state index is 0.138. The van der Waals surface area contributed by atoms with Gasteiger partial charge in [-0.05, 0) is 48.1 Å². The summed E-state index contributed by atoms with van der Waals surface area (Å²) in [4.78, 5) is 27.3. The summed E-state index contributed by atoms with van der Waals surface area (Å²) in [6.07, 6.45) is 0.456. The first-order valence-electron chi connectivity index (χ1n) is 10.7. The van der Waals surface area contributed by atoms with Gasteiger partial charge in [-0.15, -0.1) is 0 Å². The number of nitrogens with one attached hydrogen (secondary N) is 1. The van der Waals surface area contributed by atoms with E-state index in [1.54, 1.807) is 12.1 Å². The molecule has 31 heavy (non-hydrogen) atoms. The second kappa shape index (κ2) is 10.9. The van der Waals surface area contributed by atoms with Gasteiger partial charge < -0.3 is 15.0 Å². The molecule has 1 N–H and O–H groups in total. The SMILES string of the molecule is CCNC(=O)[C@H](CC)N(Cc1ccc(F)cc1)C(=O)COc1ccccc1C(C)(C)C. The molecule has 0 saturated heterocycles. The van der Waals surface area contributed by atoms with Crippen LogP contribution in [0, 0.1) is 5.82 Å². The molecule has 6 heteroatoms. The summed E-state index contributed by atoms with van der Waals surface area (Å²) in [5.74, 6) is -0.211. The van der Waals surface area contributed by atoms with Gasteiger partial charge in [-0.25, -0.2) is 4.39 Å². The summed E-state index contributed by atoms with van der Waals surface area (Å²) in [5.41, 5.74) is 1.61. The number of halogens is 1. The van der Waals surface area contributed by atoms with Crippen molar-refractivity contribution in [1.29, 1.82) is 0 Å². The molecule has 0 aliphatic carbocycles. The van der Waals surface area contributed by atoms with E-state index in [1.165, 1.54) is 17.0 Å². The van der Waals surface area contributed by atoms with E-state index in [0.717, 1.165) is 11.1 Å². The van der Waals surface area contributed by atoms with Gasteiger partial charge in [0.2, 0.25) is 5.91 Å². The zero-order chi connectivity index (χ0) is 23.0. The molecule has 2 amide bonds. The lowest BCUT2D eigenvalue weighted by Crippen LogP contribution is -2.50. The predicted octanol–water partition coefficient (Wildman–Crippen LogP) is 4.45. The molecule has 168 valence electrons. The molecular weight excluding hydrogens is 395 g/mol. The van der Waals surface area contributed by atoms with Crippen molar-refractivity contribution in [1.82, 2.24) is 10.2 Å². The van der Waals surface area contributed by atoms with Gasteiger partial charge in [-0.1, -0.05) is 58.0 Å². The maximum absolute atomic E-state index is 13.3. The molecule has 0 spiro atoms. The number of likely N-dealkylation sites (N-methyl/N-ethyl adjacent to an activating group) is 1. The summed E-state index contributed by atoms with van der Waals surface area (Å²) in [7, 11) is 0. The Kier molecular flexibility index (Phi) is 8.60. The Hall–Kier alpha value is -2.89. The van der Waals surface area contributed by atoms with Crippen LogP contribution >= 0.6 is 0 Å². The lowest BCUT2D eigenvalue weighted by molar-refractivity contribution is -0.142. The molecule has 0 saturated carbocycles. The number of amides is 2. The Labute approximate surface area is 184 Å². The van der Waals surface area contributed by atoms with Gasteiger partial charge in [-0.2, -0.15) is 0 Å². The normalized spacial score (nSPS) is 12.2. The highest BCUT2D eigenvalue weighted by atomic mass is 19.1. The van der Waals surface area contributed by atoms with Gasteiger partial charge in [0.1, 0.15) is 17.6 Å². The van der Waals surface area contributed by atoms with E-state index < -0.39 is 6.04 Å². The van der Waals surface area contributed by atoms with Crippen LogP contribution in [0.5, 0.6) is 5.75 Å². The Morgan fingerprint density at radius 1 is 1.06 bits per heavy atom. The van der Waals surface area contributed by atoms with Crippen LogP contribution in [0.2, 0.25) is 0 Å². The lowest BCUT2D eigenvalue weighted by Gasteiger charge is -2.31. The molecule has 0 aromatic heterocycles. The molecule has 0 aliphatic heterocycles. The van der Waals surface area contributed by atoms with Crippen LogP contribution in [-0.2, 0) is 21.5 Å². The first kappa shape index (κ1) is 24.4. The van der Waals surface area contributed by atoms with Crippen LogP contribution in [0.3, 0.4) is 0 Å². The van der Waals surface area contributed by atoms with Crippen molar-refractivity contribution in [2.24, 2.45) is 0 Å². The van der Waals surface area contributed by atoms with Crippen LogP contribution in [0.1, 0.15) is 52.2 Å². The molecule has 0 heterocycles. The third kappa shape index (κ3) is 6.81. The highest BCUT2D eigenvalue weighted by Crippen LogP contribution is 2.31. The van der Waals surface area contributed by atoms with Crippen molar-refractivity contribution in [2.75, 3.05) is 13.2 Å². The predicted molar refractivity (Wildman–Crippen MR) is 120 cm³/mol. The van der Waals surface area contributed by atoms with Gasteiger partial charge in [0, 0.05) is 13.1 Å². The zero-order valence-electron chi connectivity index (χ0n) is 19.1. The van der Waals surface area contributed by atoms with Crippen molar-refractivity contribution < 1.29 is 18.7 Å². The molecule has 2 rings (SSSR count). The summed E-state index contributed by atoms with van der Waals surface area (Å²) in [5, 5.41) is 2.80. The Bertz CT molecular complexity index is 875. The average Bonchev–Trinajstić information content (AvgIpc) is 2.73. The summed E-state index contributed by atoms with van der Waals surface area (Å²) in [6, 6.07) is 12.9. The van der Waals surface area contributed by atoms with Gasteiger partial charge >= 0.3 is 0 Å². The number of nitrogens with zero attached hydrogens (tertiary/aromatic N) is 1. The molecule has 2 aromatic carbocycles. The van der Waals surface area contributed by atoms with Crippen LogP contribution in [0.25, 0.3) is 0 Å². The van der Waals surface area contributed by atoms with Gasteiger partial charge in [-0.3, -0.25) is 9.59 Å². The van der Waals surface area contributed by atoms with E-state index in [-0.39, 0.29) is 36.2 Å². The quantitative estimate of drug-likeness (QED) is 0.642. The molecule has 0 bridgehead atoms. The summed E-state index contributed by atoms with van der Waals surface area (Å²) in [6.45, 7) is 10.4. The maximum Gasteiger partial charge on any atom is 0.261 e. The molecule has 5 nitrogen and oxygen atoms in total. The van der Waals surface area contributed by atoms with Crippen molar-refractivity contribution in [3.63, 3.8) is 0 Å². The van der Waals surface area contributed by atoms with Crippen molar-refractivity contribution in [3.05, 3.63) is 65.5 Å². The van der Waals surface area contributed by atoms with Crippen LogP contribution in [0.15, 0.2) is 48.5 Å². The number of hydrogen-bond acceptors (Lipinski definition) is 3. The summed E-state index contributed by atoms with van der Waals surface area (Å²) < 4.78 is 19.2. The molecule has 2 aromatic rings. The fraction of sp³-hybridized carbons (Fsp3) is 0.440. The van der Waals surface area contributed by atoms with Crippen LogP contribution in [-0.4, -0.2) is 35.9 Å². The van der Waals surface area contributed by atoms with E-state index >= 15 is 0 Å². The monoisotopic (exact) mass is 428 g/mol. The van der Waals surface area contributed by atoms with Gasteiger partial charge in [0.05, 0.1) is 0 Å². The first-order chi connectivity index (χ1) is 14.7. The number of ether oxygens (including phenoxy) is 1. The second-order valence-electron chi connectivity index (χ2n) is 8.50. The van der Waals surface area contributed by atoms with E-state index in [1.807, 2.05) is 38.1 Å². The topological polar surface area (TPSA) is 58.6 Å². The number of hydrogen-bond donors (Lipinski definition) is 1. The van der Waals surface area contributed by atoms with Crippen LogP contribution < -0.4 is 10.1 Å². The molecule has 0 aliphatic rings. The largest absolute Gasteiger partial charge is 0.483 e. The number of carbonyl (C=O) groups is 2. The fourth-order valence-electron chi connectivity index (χ4n) is 3.43. The molecule has 0 radical (unpaired) electrons. The zero-order valence-corrected chi connectivity index (χ0v) is 19.1. The molecule has 0 fully saturated rings. The Morgan fingerprint density at radius 2 is 1.71 bits per heavy atom. The second-order valence-corrected chi connectivity index (χ2v) is 8.50. The molecular formula is C25H33FN2O3. The summed E-state index contributed by atoms with van der Waals surface area (Å²) >= 11 is 0. The van der Waals surface area contributed by atoms with Crippen LogP contribution in [0.4, 0.5) is 4.39 Å². The minimum atomic E-state index is -0.640. The van der Waals surface area contributed by atoms with E-state index in [2.05, 4.69) is 26.1 Å². The minimum Gasteiger partial charge on any atom is -0.483 e. The van der Waals surface area contributed by atoms with E-state index in [4.69, 9.17) is 4.74 Å². The number of rotatable bonds is 9. The molecule has 0 unspecified atom stereocenters. The number of benzene rings is 2. The fourth-order valence-corrected chi connectivity index (χ4v) is 3.43. The standard InChI is InChI=1S/C25H33FN2O3/c1-6-21(24(30)27-7-2)28(16-18-12-14-19(26)15-13-18)23(29)17-31-22-11-9-8-10-20(22)25(3,4)5/h8-15,21H,6-7,16-17H2,1-5H3,(H,27,30)/t21-/m0/s1. The smallest absolute Gasteiger partial charge is 0.261 e. The van der Waals surface area contributed by atoms with E-state index in [9.17, 15) is 14.0 Å². The number of carbonyl (C=O) groups excluding carboxylic acids is 2. The lowest BCUT2D eigenvalue weighted by atomic mass is 9.86. The first-order valence-corrected chi connectivity index (χ1v) is 10.7. The van der Waals surface area contributed by atoms with Crippen molar-refractivity contribution in [3.8, 4) is 5.75 Å². The average molecular weight is 429 g/mol.